The van der Waals surface area contributed by atoms with E-state index in [0.717, 1.165) is 0 Å². The van der Waals surface area contributed by atoms with Crippen molar-refractivity contribution in [3.8, 4) is 11.5 Å². The van der Waals surface area contributed by atoms with Crippen LogP contribution in [0, 0.1) is 0 Å². The Morgan fingerprint density at radius 2 is 1.97 bits per heavy atom. The van der Waals surface area contributed by atoms with Crippen LogP contribution in [0.4, 0.5) is 0 Å². The van der Waals surface area contributed by atoms with E-state index in [2.05, 4.69) is 25.1 Å². The van der Waals surface area contributed by atoms with Crippen molar-refractivity contribution < 1.29 is 9.26 Å². The number of unbranched alkanes of at least 4 members (excludes halogenated alkanes) is 1. The number of methoxy groups -OCH3 is 1. The number of nitrogens with zero attached hydrogens (tertiary/aromatic N) is 6. The molecule has 0 aliphatic heterocycles. The quantitative estimate of drug-likeness (QED) is 0.281. The van der Waals surface area contributed by atoms with E-state index in [-0.39, 0.29) is 23.0 Å². The van der Waals surface area contributed by atoms with Gasteiger partial charge in [0.15, 0.2) is 11.2 Å². The molecule has 12 heteroatoms. The Labute approximate surface area is 187 Å². The minimum atomic E-state index is -0.442. The Balaban J connectivity index is 1.46. The summed E-state index contributed by atoms with van der Waals surface area (Å²) in [7, 11) is 1.59. The maximum atomic E-state index is 13.0. The van der Waals surface area contributed by atoms with E-state index in [1.54, 1.807) is 19.4 Å². The second-order valence-corrected chi connectivity index (χ2v) is 7.51. The zero-order valence-electron chi connectivity index (χ0n) is 17.5. The summed E-state index contributed by atoms with van der Waals surface area (Å²) in [6.07, 6.45) is 4.01. The van der Waals surface area contributed by atoms with Gasteiger partial charge in [0.05, 0.1) is 0 Å². The molecular weight excluding hydrogens is 438 g/mol. The van der Waals surface area contributed by atoms with Crippen LogP contribution >= 0.6 is 11.6 Å². The first-order valence-corrected chi connectivity index (χ1v) is 10.6. The Kier molecular flexibility index (Phi) is 6.76. The SMILES string of the molecule is COCCCn1c(=O)n(CCCCc2nc(-c3ccccn3)no2)c(=O)c2[nH]c(Cl)nc21. The number of aromatic nitrogens is 7. The number of nitrogens with one attached hydrogen (secondary N) is 1. The van der Waals surface area contributed by atoms with Gasteiger partial charge in [-0.3, -0.25) is 18.9 Å². The minimum Gasteiger partial charge on any atom is -0.385 e. The number of halogens is 1. The molecular formula is C20H22ClN7O4. The lowest BCUT2D eigenvalue weighted by Gasteiger charge is -2.11. The van der Waals surface area contributed by atoms with Crippen molar-refractivity contribution in [2.24, 2.45) is 0 Å². The van der Waals surface area contributed by atoms with Crippen LogP contribution < -0.4 is 11.2 Å². The van der Waals surface area contributed by atoms with Gasteiger partial charge in [0.1, 0.15) is 5.69 Å². The molecule has 1 N–H and O–H groups in total. The van der Waals surface area contributed by atoms with E-state index in [9.17, 15) is 9.59 Å². The molecule has 4 heterocycles. The summed E-state index contributed by atoms with van der Waals surface area (Å²) in [5.41, 5.74) is 0.239. The number of hydrogen-bond acceptors (Lipinski definition) is 8. The molecule has 0 aliphatic rings. The van der Waals surface area contributed by atoms with Crippen LogP contribution in [0.1, 0.15) is 25.2 Å². The monoisotopic (exact) mass is 459 g/mol. The van der Waals surface area contributed by atoms with Crippen LogP contribution in [0.5, 0.6) is 0 Å². The van der Waals surface area contributed by atoms with Gasteiger partial charge in [-0.1, -0.05) is 11.2 Å². The number of hydrogen-bond donors (Lipinski definition) is 1. The topological polar surface area (TPSA) is 134 Å². The predicted octanol–water partition coefficient (Wildman–Crippen LogP) is 2.04. The Bertz CT molecular complexity index is 1310. The van der Waals surface area contributed by atoms with Gasteiger partial charge in [0, 0.05) is 39.4 Å². The van der Waals surface area contributed by atoms with Crippen molar-refractivity contribution in [2.45, 2.75) is 38.8 Å². The molecule has 0 atom stereocenters. The highest BCUT2D eigenvalue weighted by molar-refractivity contribution is 6.28. The summed E-state index contributed by atoms with van der Waals surface area (Å²) in [5, 5.41) is 4.01. The first-order valence-electron chi connectivity index (χ1n) is 10.2. The molecule has 0 aliphatic carbocycles. The molecule has 0 spiro atoms. The van der Waals surface area contributed by atoms with Gasteiger partial charge in [0.25, 0.3) is 5.56 Å². The number of ether oxygens (including phenoxy) is 1. The van der Waals surface area contributed by atoms with Crippen LogP contribution in [0.25, 0.3) is 22.7 Å². The van der Waals surface area contributed by atoms with E-state index in [0.29, 0.717) is 56.2 Å². The van der Waals surface area contributed by atoms with E-state index in [1.807, 2.05) is 12.1 Å². The van der Waals surface area contributed by atoms with Crippen molar-refractivity contribution in [1.29, 1.82) is 0 Å². The maximum absolute atomic E-state index is 13.0. The molecule has 32 heavy (non-hydrogen) atoms. The third kappa shape index (κ3) is 4.63. The molecule has 4 rings (SSSR count). The molecule has 0 saturated carbocycles. The van der Waals surface area contributed by atoms with Crippen molar-refractivity contribution >= 4 is 22.8 Å². The van der Waals surface area contributed by atoms with Gasteiger partial charge in [0.2, 0.25) is 17.0 Å². The van der Waals surface area contributed by atoms with Gasteiger partial charge >= 0.3 is 5.69 Å². The molecule has 4 aromatic heterocycles. The normalized spacial score (nSPS) is 11.4. The highest BCUT2D eigenvalue weighted by Crippen LogP contribution is 2.14. The van der Waals surface area contributed by atoms with Crippen LogP contribution in [0.2, 0.25) is 5.28 Å². The van der Waals surface area contributed by atoms with Crippen LogP contribution in [-0.2, 0) is 24.2 Å². The summed E-state index contributed by atoms with van der Waals surface area (Å²) in [6, 6.07) is 5.46. The Morgan fingerprint density at radius 3 is 2.75 bits per heavy atom. The average Bonchev–Trinajstić information content (AvgIpc) is 3.43. The number of H-pyrrole nitrogens is 1. The van der Waals surface area contributed by atoms with Gasteiger partial charge < -0.3 is 14.2 Å². The van der Waals surface area contributed by atoms with Crippen molar-refractivity contribution in [1.82, 2.24) is 34.2 Å². The molecule has 4 aromatic rings. The summed E-state index contributed by atoms with van der Waals surface area (Å²) < 4.78 is 13.0. The second-order valence-electron chi connectivity index (χ2n) is 7.15. The zero-order valence-corrected chi connectivity index (χ0v) is 18.2. The highest BCUT2D eigenvalue weighted by Gasteiger charge is 2.17. The average molecular weight is 460 g/mol. The number of rotatable bonds is 10. The molecule has 0 fully saturated rings. The molecule has 0 bridgehead atoms. The summed E-state index contributed by atoms with van der Waals surface area (Å²) >= 11 is 5.95. The van der Waals surface area contributed by atoms with Crippen LogP contribution in [0.15, 0.2) is 38.5 Å². The highest BCUT2D eigenvalue weighted by atomic mass is 35.5. The number of aromatic amines is 1. The second kappa shape index (κ2) is 9.88. The molecule has 168 valence electrons. The number of imidazole rings is 1. The summed E-state index contributed by atoms with van der Waals surface area (Å²) in [4.78, 5) is 41.2. The van der Waals surface area contributed by atoms with E-state index >= 15 is 0 Å². The minimum absolute atomic E-state index is 0.0647. The summed E-state index contributed by atoms with van der Waals surface area (Å²) in [5.74, 6) is 0.906. The van der Waals surface area contributed by atoms with Crippen molar-refractivity contribution in [3.63, 3.8) is 0 Å². The van der Waals surface area contributed by atoms with E-state index in [4.69, 9.17) is 20.9 Å². The molecule has 0 amide bonds. The van der Waals surface area contributed by atoms with Crippen LogP contribution in [-0.4, -0.2) is 47.9 Å². The standard InChI is InChI=1S/C20H22ClN7O4/c1-31-12-6-11-27-17-15(24-19(21)25-17)18(29)28(20(27)30)10-5-3-8-14-23-16(26-32-14)13-7-2-4-9-22-13/h2,4,7,9H,3,5-6,8,10-12H2,1H3,(H,24,25). The zero-order chi connectivity index (χ0) is 22.5. The van der Waals surface area contributed by atoms with Gasteiger partial charge in [-0.05, 0) is 43.0 Å². The fourth-order valence-corrected chi connectivity index (χ4v) is 3.58. The Morgan fingerprint density at radius 1 is 1.12 bits per heavy atom. The van der Waals surface area contributed by atoms with Gasteiger partial charge in [-0.25, -0.2) is 4.79 Å². The smallest absolute Gasteiger partial charge is 0.332 e. The predicted molar refractivity (Wildman–Crippen MR) is 117 cm³/mol. The largest absolute Gasteiger partial charge is 0.385 e. The van der Waals surface area contributed by atoms with E-state index in [1.165, 1.54) is 9.13 Å². The maximum Gasteiger partial charge on any atom is 0.332 e. The number of aryl methyl sites for hydroxylation is 2. The van der Waals surface area contributed by atoms with Gasteiger partial charge in [-0.2, -0.15) is 9.97 Å². The van der Waals surface area contributed by atoms with E-state index < -0.39 is 11.2 Å². The van der Waals surface area contributed by atoms with Crippen molar-refractivity contribution in [2.75, 3.05) is 13.7 Å². The lowest BCUT2D eigenvalue weighted by Crippen LogP contribution is -2.40. The first-order chi connectivity index (χ1) is 15.6. The third-order valence-electron chi connectivity index (χ3n) is 4.95. The third-order valence-corrected chi connectivity index (χ3v) is 5.13. The summed E-state index contributed by atoms with van der Waals surface area (Å²) in [6.45, 7) is 1.09. The molecule has 0 aromatic carbocycles. The number of fused-ring (bicyclic) bond motifs is 1. The fraction of sp³-hybridized carbons (Fsp3) is 0.400. The molecule has 0 saturated heterocycles. The Hall–Kier alpha value is -3.31. The first kappa shape index (κ1) is 21.9. The molecule has 11 nitrogen and oxygen atoms in total. The molecule has 0 radical (unpaired) electrons. The van der Waals surface area contributed by atoms with Crippen molar-refractivity contribution in [3.05, 3.63) is 56.4 Å². The number of pyridine rings is 1. The lowest BCUT2D eigenvalue weighted by molar-refractivity contribution is 0.190. The van der Waals surface area contributed by atoms with Gasteiger partial charge in [-0.15, -0.1) is 0 Å². The van der Waals surface area contributed by atoms with Crippen LogP contribution in [0.3, 0.4) is 0 Å². The lowest BCUT2D eigenvalue weighted by atomic mass is 10.2. The molecule has 0 unspecified atom stereocenters. The fourth-order valence-electron chi connectivity index (χ4n) is 3.41.